The van der Waals surface area contributed by atoms with Gasteiger partial charge >= 0.3 is 6.18 Å². The monoisotopic (exact) mass is 423 g/mol. The fourth-order valence-electron chi connectivity index (χ4n) is 3.14. The van der Waals surface area contributed by atoms with Crippen molar-refractivity contribution >= 4 is 33.2 Å². The first-order valence-electron chi connectivity index (χ1n) is 8.28. The van der Waals surface area contributed by atoms with Gasteiger partial charge in [-0.2, -0.15) is 13.2 Å². The van der Waals surface area contributed by atoms with Crippen LogP contribution in [-0.2, 0) is 10.0 Å². The normalized spacial score (nSPS) is 17.4. The SMILES string of the molecule is Cl.O=S(=O)(NCC(N1CCNCC1)C(F)(F)F)c1cccc2ccccc12. The highest BCUT2D eigenvalue weighted by atomic mass is 35.5. The lowest BCUT2D eigenvalue weighted by Gasteiger charge is -2.35. The predicted molar refractivity (Wildman–Crippen MR) is 101 cm³/mol. The number of hydrogen-bond donors (Lipinski definition) is 2. The van der Waals surface area contributed by atoms with E-state index < -0.39 is 28.8 Å². The third-order valence-corrected chi connectivity index (χ3v) is 5.96. The van der Waals surface area contributed by atoms with Gasteiger partial charge in [0.2, 0.25) is 10.0 Å². The molecule has 0 bridgehead atoms. The number of hydrogen-bond acceptors (Lipinski definition) is 4. The molecule has 3 rings (SSSR count). The Morgan fingerprint density at radius 3 is 2.37 bits per heavy atom. The molecule has 10 heteroatoms. The highest BCUT2D eigenvalue weighted by Gasteiger charge is 2.44. The molecule has 1 saturated heterocycles. The molecule has 0 amide bonds. The largest absolute Gasteiger partial charge is 0.405 e. The maximum Gasteiger partial charge on any atom is 0.405 e. The van der Waals surface area contributed by atoms with E-state index in [2.05, 4.69) is 10.0 Å². The van der Waals surface area contributed by atoms with Gasteiger partial charge in [0.1, 0.15) is 6.04 Å². The van der Waals surface area contributed by atoms with E-state index in [1.165, 1.54) is 11.0 Å². The van der Waals surface area contributed by atoms with Crippen LogP contribution in [-0.4, -0.2) is 58.3 Å². The quantitative estimate of drug-likeness (QED) is 0.775. The molecular formula is C17H21ClF3N3O2S. The number of piperazine rings is 1. The van der Waals surface area contributed by atoms with Crippen LogP contribution < -0.4 is 10.0 Å². The molecule has 1 aliphatic rings. The Hall–Kier alpha value is -1.39. The molecule has 27 heavy (non-hydrogen) atoms. The van der Waals surface area contributed by atoms with Gasteiger partial charge < -0.3 is 5.32 Å². The smallest absolute Gasteiger partial charge is 0.314 e. The Balaban J connectivity index is 0.00000261. The van der Waals surface area contributed by atoms with E-state index in [0.717, 1.165) is 0 Å². The molecule has 1 heterocycles. The van der Waals surface area contributed by atoms with Gasteiger partial charge in [-0.05, 0) is 11.5 Å². The minimum absolute atomic E-state index is 0. The van der Waals surface area contributed by atoms with Crippen LogP contribution in [0.25, 0.3) is 10.8 Å². The Bertz CT molecular complexity index is 866. The van der Waals surface area contributed by atoms with Crippen molar-refractivity contribution in [1.29, 1.82) is 0 Å². The maximum atomic E-state index is 13.4. The molecule has 0 spiro atoms. The number of sulfonamides is 1. The van der Waals surface area contributed by atoms with Gasteiger partial charge in [0.25, 0.3) is 0 Å². The van der Waals surface area contributed by atoms with Gasteiger partial charge in [-0.3, -0.25) is 4.90 Å². The van der Waals surface area contributed by atoms with E-state index in [9.17, 15) is 21.6 Å². The van der Waals surface area contributed by atoms with Crippen LogP contribution in [0.15, 0.2) is 47.4 Å². The summed E-state index contributed by atoms with van der Waals surface area (Å²) in [6, 6.07) is 9.75. The lowest BCUT2D eigenvalue weighted by Crippen LogP contribution is -2.57. The molecule has 0 saturated carbocycles. The average Bonchev–Trinajstić information content (AvgIpc) is 2.61. The van der Waals surface area contributed by atoms with E-state index in [4.69, 9.17) is 0 Å². The first-order valence-corrected chi connectivity index (χ1v) is 9.76. The van der Waals surface area contributed by atoms with Gasteiger partial charge in [-0.25, -0.2) is 13.1 Å². The number of rotatable bonds is 5. The van der Waals surface area contributed by atoms with Crippen LogP contribution in [0.2, 0.25) is 0 Å². The predicted octanol–water partition coefficient (Wildman–Crippen LogP) is 2.38. The summed E-state index contributed by atoms with van der Waals surface area (Å²) < 4.78 is 67.8. The maximum absolute atomic E-state index is 13.4. The van der Waals surface area contributed by atoms with Gasteiger partial charge in [0.05, 0.1) is 4.90 Å². The number of nitrogens with one attached hydrogen (secondary N) is 2. The summed E-state index contributed by atoms with van der Waals surface area (Å²) in [6.07, 6.45) is -4.52. The molecule has 5 nitrogen and oxygen atoms in total. The van der Waals surface area contributed by atoms with Crippen LogP contribution in [0.4, 0.5) is 13.2 Å². The van der Waals surface area contributed by atoms with Crippen molar-refractivity contribution in [2.75, 3.05) is 32.7 Å². The van der Waals surface area contributed by atoms with Crippen molar-refractivity contribution in [3.8, 4) is 0 Å². The van der Waals surface area contributed by atoms with Crippen LogP contribution in [0, 0.1) is 0 Å². The summed E-state index contributed by atoms with van der Waals surface area (Å²) in [5, 5.41) is 4.18. The van der Waals surface area contributed by atoms with Crippen molar-refractivity contribution in [2.45, 2.75) is 17.1 Å². The zero-order chi connectivity index (χ0) is 18.8. The zero-order valence-corrected chi connectivity index (χ0v) is 16.0. The van der Waals surface area contributed by atoms with E-state index >= 15 is 0 Å². The van der Waals surface area contributed by atoms with Crippen molar-refractivity contribution in [2.24, 2.45) is 0 Å². The van der Waals surface area contributed by atoms with Gasteiger partial charge in [-0.1, -0.05) is 36.4 Å². The fourth-order valence-corrected chi connectivity index (χ4v) is 4.41. The second-order valence-electron chi connectivity index (χ2n) is 6.17. The molecule has 150 valence electrons. The summed E-state index contributed by atoms with van der Waals surface area (Å²) in [5.41, 5.74) is 0. The van der Waals surface area contributed by atoms with Gasteiger partial charge in [0.15, 0.2) is 0 Å². The van der Waals surface area contributed by atoms with E-state index in [0.29, 0.717) is 23.9 Å². The fraction of sp³-hybridized carbons (Fsp3) is 0.412. The molecule has 0 aromatic heterocycles. The zero-order valence-electron chi connectivity index (χ0n) is 14.4. The summed E-state index contributed by atoms with van der Waals surface area (Å²) in [5.74, 6) is 0. The molecule has 0 radical (unpaired) electrons. The first kappa shape index (κ1) is 21.9. The standard InChI is InChI=1S/C17H20F3N3O2S.ClH/c18-17(19,20)16(23-10-8-21-9-11-23)12-22-26(24,25)15-7-3-5-13-4-1-2-6-14(13)15;/h1-7,16,21-22H,8-12H2;1H. The summed E-state index contributed by atoms with van der Waals surface area (Å²) in [7, 11) is -4.07. The molecule has 2 aromatic carbocycles. The second kappa shape index (κ2) is 8.74. The minimum atomic E-state index is -4.52. The Kier molecular flexibility index (Phi) is 7.09. The molecule has 1 fully saturated rings. The lowest BCUT2D eigenvalue weighted by molar-refractivity contribution is -0.182. The third-order valence-electron chi connectivity index (χ3n) is 4.48. The van der Waals surface area contributed by atoms with Crippen LogP contribution in [0.1, 0.15) is 0 Å². The van der Waals surface area contributed by atoms with E-state index in [1.54, 1.807) is 36.4 Å². The van der Waals surface area contributed by atoms with Crippen molar-refractivity contribution < 1.29 is 21.6 Å². The molecule has 1 unspecified atom stereocenters. The molecule has 2 N–H and O–H groups in total. The first-order chi connectivity index (χ1) is 12.3. The second-order valence-corrected chi connectivity index (χ2v) is 7.91. The highest BCUT2D eigenvalue weighted by Crippen LogP contribution is 2.26. The average molecular weight is 424 g/mol. The number of halogens is 4. The molecular weight excluding hydrogens is 403 g/mol. The number of fused-ring (bicyclic) bond motifs is 1. The highest BCUT2D eigenvalue weighted by molar-refractivity contribution is 7.89. The Morgan fingerprint density at radius 2 is 1.70 bits per heavy atom. The van der Waals surface area contributed by atoms with Crippen molar-refractivity contribution in [1.82, 2.24) is 14.9 Å². The molecule has 1 aliphatic heterocycles. The number of nitrogens with zero attached hydrogens (tertiary/aromatic N) is 1. The van der Waals surface area contributed by atoms with Gasteiger partial charge in [0, 0.05) is 38.1 Å². The Morgan fingerprint density at radius 1 is 1.07 bits per heavy atom. The molecule has 0 aliphatic carbocycles. The lowest BCUT2D eigenvalue weighted by atomic mass is 10.1. The topological polar surface area (TPSA) is 61.4 Å². The van der Waals surface area contributed by atoms with Crippen LogP contribution in [0.3, 0.4) is 0 Å². The minimum Gasteiger partial charge on any atom is -0.314 e. The third kappa shape index (κ3) is 5.11. The summed E-state index contributed by atoms with van der Waals surface area (Å²) in [4.78, 5) is 1.25. The van der Waals surface area contributed by atoms with Crippen LogP contribution in [0.5, 0.6) is 0 Å². The summed E-state index contributed by atoms with van der Waals surface area (Å²) >= 11 is 0. The van der Waals surface area contributed by atoms with E-state index in [1.807, 2.05) is 0 Å². The van der Waals surface area contributed by atoms with E-state index in [-0.39, 0.29) is 30.4 Å². The number of benzene rings is 2. The molecule has 1 atom stereocenters. The van der Waals surface area contributed by atoms with Crippen LogP contribution >= 0.6 is 12.4 Å². The van der Waals surface area contributed by atoms with Gasteiger partial charge in [-0.15, -0.1) is 12.4 Å². The van der Waals surface area contributed by atoms with Crippen molar-refractivity contribution in [3.05, 3.63) is 42.5 Å². The molecule has 2 aromatic rings. The van der Waals surface area contributed by atoms with Crippen molar-refractivity contribution in [3.63, 3.8) is 0 Å². The summed E-state index contributed by atoms with van der Waals surface area (Å²) in [6.45, 7) is 0.626. The Labute approximate surface area is 162 Å². The number of alkyl halides is 3.